The Morgan fingerprint density at radius 2 is 2.00 bits per heavy atom. The van der Waals surface area contributed by atoms with Gasteiger partial charge in [-0.15, -0.1) is 0 Å². The average Bonchev–Trinajstić information content (AvgIpc) is 2.67. The molecule has 5 nitrogen and oxygen atoms in total. The maximum atomic E-state index is 13.4. The number of amides is 1. The minimum absolute atomic E-state index is 0.111. The van der Waals surface area contributed by atoms with Crippen molar-refractivity contribution in [1.82, 2.24) is 9.88 Å². The van der Waals surface area contributed by atoms with E-state index in [1.807, 2.05) is 35.2 Å². The second kappa shape index (κ2) is 5.97. The summed E-state index contributed by atoms with van der Waals surface area (Å²) in [6, 6.07) is 11.6. The molecule has 0 saturated carbocycles. The van der Waals surface area contributed by atoms with Crippen LogP contribution in [0.3, 0.4) is 0 Å². The van der Waals surface area contributed by atoms with Gasteiger partial charge in [0.25, 0.3) is 0 Å². The number of nitrogens with zero attached hydrogens (tertiary/aromatic N) is 3. The lowest BCUT2D eigenvalue weighted by Gasteiger charge is -2.57. The van der Waals surface area contributed by atoms with Crippen LogP contribution >= 0.6 is 0 Å². The smallest absolute Gasteiger partial charge is 0.230 e. The fourth-order valence-electron chi connectivity index (χ4n) is 4.47. The molecule has 1 aromatic carbocycles. The zero-order valence-corrected chi connectivity index (χ0v) is 14.3. The van der Waals surface area contributed by atoms with Crippen molar-refractivity contribution < 1.29 is 13.9 Å². The number of piperidine rings is 1. The van der Waals surface area contributed by atoms with Gasteiger partial charge in [-0.2, -0.15) is 4.39 Å². The third-order valence-corrected chi connectivity index (χ3v) is 5.75. The molecule has 3 atom stereocenters. The number of rotatable bonds is 2. The van der Waals surface area contributed by atoms with Crippen molar-refractivity contribution in [2.24, 2.45) is 5.92 Å². The molecule has 2 bridgehead atoms. The van der Waals surface area contributed by atoms with Crippen LogP contribution in [0, 0.1) is 11.9 Å². The van der Waals surface area contributed by atoms with E-state index < -0.39 is 5.95 Å². The molecule has 5 heterocycles. The summed E-state index contributed by atoms with van der Waals surface area (Å²) in [6.07, 6.45) is 3.26. The SMILES string of the molecule is O=C(C1COc2ccccc2C1)N1C2CC1CN(c1ccnc(F)c1)C2. The van der Waals surface area contributed by atoms with Crippen LogP contribution in [0.4, 0.5) is 10.1 Å². The summed E-state index contributed by atoms with van der Waals surface area (Å²) in [5.41, 5.74) is 1.95. The number of hydrogen-bond donors (Lipinski definition) is 0. The third kappa shape index (κ3) is 2.52. The van der Waals surface area contributed by atoms with Crippen LogP contribution in [-0.4, -0.2) is 47.6 Å². The van der Waals surface area contributed by atoms with Gasteiger partial charge in [0.15, 0.2) is 0 Å². The van der Waals surface area contributed by atoms with E-state index in [2.05, 4.69) is 9.88 Å². The molecule has 0 N–H and O–H groups in total. The van der Waals surface area contributed by atoms with E-state index in [0.717, 1.165) is 42.9 Å². The first kappa shape index (κ1) is 15.6. The predicted molar refractivity (Wildman–Crippen MR) is 94.6 cm³/mol. The van der Waals surface area contributed by atoms with Crippen molar-refractivity contribution in [3.8, 4) is 5.75 Å². The number of benzene rings is 1. The molecule has 3 unspecified atom stereocenters. The van der Waals surface area contributed by atoms with E-state index in [4.69, 9.17) is 4.74 Å². The van der Waals surface area contributed by atoms with E-state index in [1.165, 1.54) is 12.3 Å². The molecule has 4 aliphatic rings. The molecule has 1 aromatic heterocycles. The van der Waals surface area contributed by atoms with Gasteiger partial charge >= 0.3 is 0 Å². The minimum Gasteiger partial charge on any atom is -0.492 e. The van der Waals surface area contributed by atoms with Crippen LogP contribution in [0.1, 0.15) is 12.0 Å². The van der Waals surface area contributed by atoms with Gasteiger partial charge in [0.2, 0.25) is 11.9 Å². The predicted octanol–water partition coefficient (Wildman–Crippen LogP) is 2.26. The lowest BCUT2D eigenvalue weighted by atomic mass is 9.84. The highest BCUT2D eigenvalue weighted by atomic mass is 19.1. The molecule has 3 fully saturated rings. The lowest BCUT2D eigenvalue weighted by Crippen LogP contribution is -2.71. The maximum absolute atomic E-state index is 13.4. The van der Waals surface area contributed by atoms with Crippen LogP contribution in [0.25, 0.3) is 0 Å². The Hall–Kier alpha value is -2.63. The first-order valence-corrected chi connectivity index (χ1v) is 9.08. The number of carbonyl (C=O) groups excluding carboxylic acids is 1. The van der Waals surface area contributed by atoms with Crippen molar-refractivity contribution in [3.05, 3.63) is 54.1 Å². The Morgan fingerprint density at radius 1 is 1.19 bits per heavy atom. The van der Waals surface area contributed by atoms with Gasteiger partial charge in [-0.05, 0) is 30.5 Å². The van der Waals surface area contributed by atoms with Gasteiger partial charge in [-0.3, -0.25) is 4.79 Å². The quantitative estimate of drug-likeness (QED) is 0.777. The Kier molecular flexibility index (Phi) is 3.58. The molecule has 6 rings (SSSR count). The zero-order valence-electron chi connectivity index (χ0n) is 14.3. The summed E-state index contributed by atoms with van der Waals surface area (Å²) < 4.78 is 19.2. The fraction of sp³-hybridized carbons (Fsp3) is 0.400. The molecule has 0 spiro atoms. The molecular weight excluding hydrogens is 333 g/mol. The summed E-state index contributed by atoms with van der Waals surface area (Å²) >= 11 is 0. The summed E-state index contributed by atoms with van der Waals surface area (Å²) in [5, 5.41) is 0. The summed E-state index contributed by atoms with van der Waals surface area (Å²) in [5.74, 6) is 0.514. The number of aromatic nitrogens is 1. The zero-order chi connectivity index (χ0) is 17.7. The highest BCUT2D eigenvalue weighted by Gasteiger charge is 2.49. The Balaban J connectivity index is 1.28. The molecular formula is C20H20FN3O2. The standard InChI is InChI=1S/C20H20FN3O2/c21-19-9-15(5-6-22-19)23-10-16-8-17(11-23)24(16)20(25)14-7-13-3-1-2-4-18(13)26-12-14/h1-6,9,14,16-17H,7-8,10-12H2. The van der Waals surface area contributed by atoms with Crippen molar-refractivity contribution >= 4 is 11.6 Å². The van der Waals surface area contributed by atoms with E-state index in [1.54, 1.807) is 0 Å². The van der Waals surface area contributed by atoms with Crippen molar-refractivity contribution in [3.63, 3.8) is 0 Å². The molecule has 26 heavy (non-hydrogen) atoms. The Morgan fingerprint density at radius 3 is 2.81 bits per heavy atom. The van der Waals surface area contributed by atoms with Gasteiger partial charge in [0, 0.05) is 31.0 Å². The van der Waals surface area contributed by atoms with Gasteiger partial charge in [-0.25, -0.2) is 4.98 Å². The number of para-hydroxylation sites is 1. The molecule has 134 valence electrons. The second-order valence-corrected chi connectivity index (χ2v) is 7.35. The minimum atomic E-state index is -0.465. The monoisotopic (exact) mass is 353 g/mol. The van der Waals surface area contributed by atoms with E-state index in [0.29, 0.717) is 6.61 Å². The number of piperazine rings is 1. The number of fused-ring (bicyclic) bond motifs is 3. The summed E-state index contributed by atoms with van der Waals surface area (Å²) in [6.45, 7) is 1.94. The van der Waals surface area contributed by atoms with Crippen LogP contribution in [0.5, 0.6) is 5.75 Å². The largest absolute Gasteiger partial charge is 0.492 e. The Bertz CT molecular complexity index is 846. The van der Waals surface area contributed by atoms with Crippen LogP contribution < -0.4 is 9.64 Å². The molecule has 0 radical (unpaired) electrons. The summed E-state index contributed by atoms with van der Waals surface area (Å²) in [7, 11) is 0. The number of anilines is 1. The maximum Gasteiger partial charge on any atom is 0.230 e. The number of carbonyl (C=O) groups is 1. The average molecular weight is 353 g/mol. The van der Waals surface area contributed by atoms with E-state index >= 15 is 0 Å². The van der Waals surface area contributed by atoms with Crippen molar-refractivity contribution in [2.45, 2.75) is 24.9 Å². The number of hydrogen-bond acceptors (Lipinski definition) is 4. The van der Waals surface area contributed by atoms with Crippen molar-refractivity contribution in [1.29, 1.82) is 0 Å². The topological polar surface area (TPSA) is 45.7 Å². The highest BCUT2D eigenvalue weighted by Crippen LogP contribution is 2.37. The van der Waals surface area contributed by atoms with Gasteiger partial charge in [-0.1, -0.05) is 18.2 Å². The van der Waals surface area contributed by atoms with E-state index in [9.17, 15) is 9.18 Å². The lowest BCUT2D eigenvalue weighted by molar-refractivity contribution is -0.152. The highest BCUT2D eigenvalue weighted by molar-refractivity contribution is 5.82. The first-order valence-electron chi connectivity index (χ1n) is 9.08. The fourth-order valence-corrected chi connectivity index (χ4v) is 4.47. The molecule has 0 aliphatic carbocycles. The second-order valence-electron chi connectivity index (χ2n) is 7.35. The van der Waals surface area contributed by atoms with Gasteiger partial charge in [0.1, 0.15) is 12.4 Å². The number of ether oxygens (including phenoxy) is 1. The van der Waals surface area contributed by atoms with Crippen LogP contribution in [0.15, 0.2) is 42.6 Å². The van der Waals surface area contributed by atoms with E-state index in [-0.39, 0.29) is 23.9 Å². The molecule has 6 heteroatoms. The number of pyridine rings is 1. The number of halogens is 1. The molecule has 4 aliphatic heterocycles. The van der Waals surface area contributed by atoms with Gasteiger partial charge in [0.05, 0.1) is 18.0 Å². The van der Waals surface area contributed by atoms with Gasteiger partial charge < -0.3 is 14.5 Å². The molecule has 1 amide bonds. The molecule has 3 saturated heterocycles. The first-order chi connectivity index (χ1) is 12.7. The Labute approximate surface area is 151 Å². The van der Waals surface area contributed by atoms with Crippen LogP contribution in [0.2, 0.25) is 0 Å². The third-order valence-electron chi connectivity index (χ3n) is 5.75. The van der Waals surface area contributed by atoms with Crippen molar-refractivity contribution in [2.75, 3.05) is 24.6 Å². The van der Waals surface area contributed by atoms with Crippen LogP contribution in [-0.2, 0) is 11.2 Å². The molecule has 2 aromatic rings. The summed E-state index contributed by atoms with van der Waals surface area (Å²) in [4.78, 5) is 20.9. The normalized spacial score (nSPS) is 26.6.